The lowest BCUT2D eigenvalue weighted by molar-refractivity contribution is -0.144. The van der Waals surface area contributed by atoms with E-state index in [4.69, 9.17) is 9.47 Å². The van der Waals surface area contributed by atoms with Gasteiger partial charge in [-0.2, -0.15) is 0 Å². The van der Waals surface area contributed by atoms with Gasteiger partial charge in [-0.1, -0.05) is 44.2 Å². The molecule has 0 aliphatic heterocycles. The van der Waals surface area contributed by atoms with Gasteiger partial charge in [0.1, 0.15) is 12.9 Å². The molecule has 0 fully saturated rings. The van der Waals surface area contributed by atoms with Crippen molar-refractivity contribution in [3.63, 3.8) is 0 Å². The summed E-state index contributed by atoms with van der Waals surface area (Å²) in [6, 6.07) is 8.43. The minimum atomic E-state index is -0.773. The molecule has 1 rings (SSSR count). The molecule has 0 aliphatic rings. The summed E-state index contributed by atoms with van der Waals surface area (Å²) in [5.41, 5.74) is 0.850. The van der Waals surface area contributed by atoms with Gasteiger partial charge in [0.2, 0.25) is 0 Å². The largest absolute Gasteiger partial charge is 0.465 e. The van der Waals surface area contributed by atoms with Crippen LogP contribution in [0.15, 0.2) is 30.3 Å². The fourth-order valence-corrected chi connectivity index (χ4v) is 1.70. The van der Waals surface area contributed by atoms with Crippen LogP contribution in [-0.2, 0) is 25.7 Å². The third-order valence-electron chi connectivity index (χ3n) is 2.92. The van der Waals surface area contributed by atoms with Gasteiger partial charge >= 0.3 is 12.1 Å². The zero-order valence-corrected chi connectivity index (χ0v) is 13.5. The van der Waals surface area contributed by atoms with Gasteiger partial charge in [-0.3, -0.25) is 4.79 Å². The summed E-state index contributed by atoms with van der Waals surface area (Å²) in [7, 11) is 0. The van der Waals surface area contributed by atoms with Crippen molar-refractivity contribution in [1.82, 2.24) is 5.32 Å². The molecule has 6 nitrogen and oxygen atoms in total. The Morgan fingerprint density at radius 2 is 1.87 bits per heavy atom. The molecule has 0 aromatic heterocycles. The zero-order chi connectivity index (χ0) is 17.1. The van der Waals surface area contributed by atoms with Gasteiger partial charge in [-0.25, -0.2) is 4.79 Å². The van der Waals surface area contributed by atoms with Crippen LogP contribution < -0.4 is 5.32 Å². The Morgan fingerprint density at radius 1 is 1.17 bits per heavy atom. The molecule has 0 bridgehead atoms. The van der Waals surface area contributed by atoms with Gasteiger partial charge in [-0.15, -0.1) is 0 Å². The lowest BCUT2D eigenvalue weighted by atomic mass is 10.2. The summed E-state index contributed by atoms with van der Waals surface area (Å²) in [6.07, 6.45) is 0.136. The van der Waals surface area contributed by atoms with Crippen molar-refractivity contribution in [3.8, 4) is 0 Å². The molecule has 0 radical (unpaired) electrons. The van der Waals surface area contributed by atoms with E-state index in [1.165, 1.54) is 0 Å². The molecule has 23 heavy (non-hydrogen) atoms. The van der Waals surface area contributed by atoms with E-state index >= 15 is 0 Å². The molecule has 0 saturated heterocycles. The third kappa shape index (κ3) is 8.60. The van der Waals surface area contributed by atoms with Crippen LogP contribution in [0.4, 0.5) is 4.79 Å². The first-order chi connectivity index (χ1) is 11.0. The molecular weight excluding hydrogens is 298 g/mol. The van der Waals surface area contributed by atoms with Crippen LogP contribution in [0.1, 0.15) is 32.3 Å². The molecule has 1 aromatic rings. The molecule has 0 spiro atoms. The maximum atomic E-state index is 11.6. The second-order valence-corrected chi connectivity index (χ2v) is 5.56. The number of nitrogens with one attached hydrogen (secondary N) is 1. The number of rotatable bonds is 9. The van der Waals surface area contributed by atoms with Crippen LogP contribution in [0.2, 0.25) is 0 Å². The lowest BCUT2D eigenvalue weighted by Gasteiger charge is -2.13. The first-order valence-electron chi connectivity index (χ1n) is 7.59. The summed E-state index contributed by atoms with van der Waals surface area (Å²) in [4.78, 5) is 34.1. The molecule has 0 unspecified atom stereocenters. The number of benzene rings is 1. The number of carbonyl (C=O) groups excluding carboxylic acids is 3. The van der Waals surface area contributed by atoms with Crippen molar-refractivity contribution >= 4 is 18.3 Å². The average molecular weight is 321 g/mol. The van der Waals surface area contributed by atoms with Crippen LogP contribution in [0.25, 0.3) is 0 Å². The first kappa shape index (κ1) is 18.7. The number of carbonyl (C=O) groups is 3. The first-order valence-corrected chi connectivity index (χ1v) is 7.59. The van der Waals surface area contributed by atoms with E-state index in [0.29, 0.717) is 12.9 Å². The number of hydrogen-bond acceptors (Lipinski definition) is 5. The van der Waals surface area contributed by atoms with Crippen molar-refractivity contribution in [2.45, 2.75) is 39.3 Å². The Balaban J connectivity index is 2.27. The van der Waals surface area contributed by atoms with Crippen LogP contribution in [0.3, 0.4) is 0 Å². The Kier molecular flexibility index (Phi) is 8.42. The number of hydrogen-bond donors (Lipinski definition) is 1. The Bertz CT molecular complexity index is 501. The van der Waals surface area contributed by atoms with Crippen molar-refractivity contribution in [1.29, 1.82) is 0 Å². The van der Waals surface area contributed by atoms with Crippen molar-refractivity contribution in [3.05, 3.63) is 35.9 Å². The SMILES string of the molecule is CC(C)COC(=O)CC[C@@H](C=O)NC(=O)OCc1ccccc1. The van der Waals surface area contributed by atoms with Crippen LogP contribution in [0, 0.1) is 5.92 Å². The lowest BCUT2D eigenvalue weighted by Crippen LogP contribution is -2.36. The van der Waals surface area contributed by atoms with Gasteiger partial charge in [0.05, 0.1) is 12.6 Å². The molecule has 1 amide bonds. The Hall–Kier alpha value is -2.37. The Morgan fingerprint density at radius 3 is 2.48 bits per heavy atom. The van der Waals surface area contributed by atoms with E-state index in [-0.39, 0.29) is 31.3 Å². The van der Waals surface area contributed by atoms with E-state index in [9.17, 15) is 14.4 Å². The molecule has 1 atom stereocenters. The Labute approximate surface area is 136 Å². The quantitative estimate of drug-likeness (QED) is 0.558. The molecule has 1 aromatic carbocycles. The maximum absolute atomic E-state index is 11.6. The smallest absolute Gasteiger partial charge is 0.408 e. The zero-order valence-electron chi connectivity index (χ0n) is 13.5. The highest BCUT2D eigenvalue weighted by Gasteiger charge is 2.15. The molecule has 0 heterocycles. The predicted octanol–water partition coefficient (Wildman–Crippen LogP) is 2.46. The second-order valence-electron chi connectivity index (χ2n) is 5.56. The molecule has 1 N–H and O–H groups in total. The maximum Gasteiger partial charge on any atom is 0.408 e. The highest BCUT2D eigenvalue weighted by atomic mass is 16.5. The molecule has 0 aliphatic carbocycles. The summed E-state index contributed by atoms with van der Waals surface area (Å²) >= 11 is 0. The van der Waals surface area contributed by atoms with Crippen molar-refractivity contribution in [2.75, 3.05) is 6.61 Å². The minimum absolute atomic E-state index is 0.0646. The summed E-state index contributed by atoms with van der Waals surface area (Å²) in [6.45, 7) is 4.34. The van der Waals surface area contributed by atoms with E-state index in [0.717, 1.165) is 5.56 Å². The summed E-state index contributed by atoms with van der Waals surface area (Å²) in [5.74, 6) is -0.128. The van der Waals surface area contributed by atoms with Gasteiger partial charge in [-0.05, 0) is 17.9 Å². The average Bonchev–Trinajstić information content (AvgIpc) is 2.55. The fraction of sp³-hybridized carbons (Fsp3) is 0.471. The van der Waals surface area contributed by atoms with Gasteiger partial charge in [0, 0.05) is 6.42 Å². The van der Waals surface area contributed by atoms with Crippen LogP contribution in [-0.4, -0.2) is 31.0 Å². The molecular formula is C17H23NO5. The van der Waals surface area contributed by atoms with Gasteiger partial charge in [0.15, 0.2) is 0 Å². The standard InChI is InChI=1S/C17H23NO5/c1-13(2)11-22-16(20)9-8-15(10-19)18-17(21)23-12-14-6-4-3-5-7-14/h3-7,10,13,15H,8-9,11-12H2,1-2H3,(H,18,21)/t15-/m0/s1. The third-order valence-corrected chi connectivity index (χ3v) is 2.92. The topological polar surface area (TPSA) is 81.7 Å². The van der Waals surface area contributed by atoms with Gasteiger partial charge in [0.25, 0.3) is 0 Å². The normalized spacial score (nSPS) is 11.6. The van der Waals surface area contributed by atoms with Crippen LogP contribution in [0.5, 0.6) is 0 Å². The summed E-state index contributed by atoms with van der Waals surface area (Å²) < 4.78 is 10.0. The predicted molar refractivity (Wildman–Crippen MR) is 84.6 cm³/mol. The van der Waals surface area contributed by atoms with E-state index in [1.807, 2.05) is 44.2 Å². The minimum Gasteiger partial charge on any atom is -0.465 e. The highest BCUT2D eigenvalue weighted by Crippen LogP contribution is 2.03. The number of aldehydes is 1. The van der Waals surface area contributed by atoms with Gasteiger partial charge < -0.3 is 19.6 Å². The molecule has 126 valence electrons. The second kappa shape index (κ2) is 10.4. The van der Waals surface area contributed by atoms with E-state index in [2.05, 4.69) is 5.32 Å². The number of esters is 1. The molecule has 0 saturated carbocycles. The summed E-state index contributed by atoms with van der Waals surface area (Å²) in [5, 5.41) is 2.42. The van der Waals surface area contributed by atoms with E-state index < -0.39 is 12.1 Å². The van der Waals surface area contributed by atoms with Crippen molar-refractivity contribution in [2.24, 2.45) is 5.92 Å². The number of amides is 1. The van der Waals surface area contributed by atoms with E-state index in [1.54, 1.807) is 0 Å². The highest BCUT2D eigenvalue weighted by molar-refractivity contribution is 5.74. The molecule has 6 heteroatoms. The monoisotopic (exact) mass is 321 g/mol. The van der Waals surface area contributed by atoms with Crippen molar-refractivity contribution < 1.29 is 23.9 Å². The number of ether oxygens (including phenoxy) is 2. The van der Waals surface area contributed by atoms with Crippen LogP contribution >= 0.6 is 0 Å². The fourth-order valence-electron chi connectivity index (χ4n) is 1.70. The number of alkyl carbamates (subject to hydrolysis) is 1.